The van der Waals surface area contributed by atoms with E-state index < -0.39 is 0 Å². The lowest BCUT2D eigenvalue weighted by molar-refractivity contribution is -0.116. The highest BCUT2D eigenvalue weighted by atomic mass is 32.1. The molecule has 8 heteroatoms. The Morgan fingerprint density at radius 2 is 1.88 bits per heavy atom. The number of morpholine rings is 1. The van der Waals surface area contributed by atoms with Crippen LogP contribution in [-0.2, 0) is 16.1 Å². The maximum absolute atomic E-state index is 12.8. The zero-order chi connectivity index (χ0) is 23.0. The van der Waals surface area contributed by atoms with Crippen LogP contribution in [0.1, 0.15) is 15.2 Å². The van der Waals surface area contributed by atoms with Crippen molar-refractivity contribution in [2.24, 2.45) is 0 Å². The fourth-order valence-corrected chi connectivity index (χ4v) is 4.17. The van der Waals surface area contributed by atoms with Gasteiger partial charge in [-0.05, 0) is 53.9 Å². The number of nitrogens with one attached hydrogen (secondary N) is 1. The van der Waals surface area contributed by atoms with Crippen molar-refractivity contribution < 1.29 is 19.1 Å². The normalized spacial score (nSPS) is 13.4. The smallest absolute Gasteiger partial charge is 0.254 e. The predicted molar refractivity (Wildman–Crippen MR) is 130 cm³/mol. The van der Waals surface area contributed by atoms with Crippen LogP contribution >= 0.6 is 11.3 Å². The summed E-state index contributed by atoms with van der Waals surface area (Å²) < 4.78 is 11.2. The summed E-state index contributed by atoms with van der Waals surface area (Å²) in [6.07, 6.45) is 0. The van der Waals surface area contributed by atoms with E-state index in [0.29, 0.717) is 23.6 Å². The van der Waals surface area contributed by atoms with Gasteiger partial charge < -0.3 is 24.6 Å². The number of benzene rings is 2. The van der Waals surface area contributed by atoms with Gasteiger partial charge in [-0.1, -0.05) is 12.1 Å². The molecule has 0 radical (unpaired) electrons. The highest BCUT2D eigenvalue weighted by Crippen LogP contribution is 2.20. The van der Waals surface area contributed by atoms with Crippen molar-refractivity contribution in [3.05, 3.63) is 76.5 Å². The second-order valence-corrected chi connectivity index (χ2v) is 8.78. The third-order valence-corrected chi connectivity index (χ3v) is 6.15. The number of ether oxygens (including phenoxy) is 2. The summed E-state index contributed by atoms with van der Waals surface area (Å²) in [6, 6.07) is 18.7. The average molecular weight is 466 g/mol. The van der Waals surface area contributed by atoms with Gasteiger partial charge in [0.1, 0.15) is 12.4 Å². The molecule has 1 saturated heterocycles. The molecule has 172 valence electrons. The first-order chi connectivity index (χ1) is 16.1. The fourth-order valence-electron chi connectivity index (χ4n) is 3.55. The van der Waals surface area contributed by atoms with Crippen LogP contribution in [0.2, 0.25) is 0 Å². The topological polar surface area (TPSA) is 71.1 Å². The van der Waals surface area contributed by atoms with Gasteiger partial charge in [-0.25, -0.2) is 0 Å². The van der Waals surface area contributed by atoms with Gasteiger partial charge in [0.15, 0.2) is 0 Å². The lowest BCUT2D eigenvalue weighted by Crippen LogP contribution is -2.36. The fraction of sp³-hybridized carbons (Fsp3) is 0.280. The van der Waals surface area contributed by atoms with Crippen molar-refractivity contribution >= 4 is 34.5 Å². The van der Waals surface area contributed by atoms with Crippen LogP contribution in [0.5, 0.6) is 5.75 Å². The number of carbonyl (C=O) groups is 2. The molecule has 0 atom stereocenters. The summed E-state index contributed by atoms with van der Waals surface area (Å²) in [5.41, 5.74) is 2.27. The number of amides is 2. The first kappa shape index (κ1) is 22.8. The second-order valence-electron chi connectivity index (χ2n) is 7.75. The highest BCUT2D eigenvalue weighted by molar-refractivity contribution is 7.09. The van der Waals surface area contributed by atoms with Crippen LogP contribution < -0.4 is 15.0 Å². The van der Waals surface area contributed by atoms with E-state index in [2.05, 4.69) is 10.2 Å². The first-order valence-corrected chi connectivity index (χ1v) is 11.7. The van der Waals surface area contributed by atoms with Crippen LogP contribution in [-0.4, -0.2) is 56.6 Å². The molecule has 0 bridgehead atoms. The average Bonchev–Trinajstić information content (AvgIpc) is 3.37. The van der Waals surface area contributed by atoms with Gasteiger partial charge in [0.05, 0.1) is 19.8 Å². The molecule has 1 fully saturated rings. The summed E-state index contributed by atoms with van der Waals surface area (Å²) >= 11 is 1.62. The van der Waals surface area contributed by atoms with Crippen molar-refractivity contribution in [3.8, 4) is 5.75 Å². The van der Waals surface area contributed by atoms with Gasteiger partial charge in [0, 0.05) is 42.0 Å². The molecule has 0 saturated carbocycles. The van der Waals surface area contributed by atoms with Gasteiger partial charge in [0.2, 0.25) is 5.91 Å². The van der Waals surface area contributed by atoms with Crippen molar-refractivity contribution in [1.29, 1.82) is 0 Å². The van der Waals surface area contributed by atoms with E-state index in [1.54, 1.807) is 36.6 Å². The van der Waals surface area contributed by atoms with Crippen molar-refractivity contribution in [2.45, 2.75) is 6.61 Å². The summed E-state index contributed by atoms with van der Waals surface area (Å²) in [6.45, 7) is 3.57. The molecular weight excluding hydrogens is 438 g/mol. The molecule has 2 aromatic carbocycles. The number of likely N-dealkylation sites (N-methyl/N-ethyl adjacent to an activating group) is 1. The first-order valence-electron chi connectivity index (χ1n) is 10.8. The Morgan fingerprint density at radius 1 is 1.09 bits per heavy atom. The molecule has 0 spiro atoms. The molecule has 1 aromatic heterocycles. The van der Waals surface area contributed by atoms with E-state index in [9.17, 15) is 9.59 Å². The SMILES string of the molecule is CN(CC(=O)Nc1ccc(N2CCOCC2)cc1)C(=O)c1cccc(OCc2cccs2)c1. The van der Waals surface area contributed by atoms with Crippen molar-refractivity contribution in [3.63, 3.8) is 0 Å². The molecule has 7 nitrogen and oxygen atoms in total. The molecule has 2 amide bonds. The number of anilines is 2. The Bertz CT molecular complexity index is 1060. The quantitative estimate of drug-likeness (QED) is 0.547. The van der Waals surface area contributed by atoms with Crippen LogP contribution in [0.3, 0.4) is 0 Å². The van der Waals surface area contributed by atoms with E-state index >= 15 is 0 Å². The van der Waals surface area contributed by atoms with E-state index in [0.717, 1.165) is 36.9 Å². The molecule has 1 N–H and O–H groups in total. The van der Waals surface area contributed by atoms with Crippen LogP contribution in [0.25, 0.3) is 0 Å². The third kappa shape index (κ3) is 6.34. The maximum Gasteiger partial charge on any atom is 0.254 e. The molecule has 3 aromatic rings. The van der Waals surface area contributed by atoms with Gasteiger partial charge in [-0.3, -0.25) is 9.59 Å². The summed E-state index contributed by atoms with van der Waals surface area (Å²) in [7, 11) is 1.61. The minimum atomic E-state index is -0.255. The molecule has 0 unspecified atom stereocenters. The molecule has 0 aliphatic carbocycles. The zero-order valence-corrected chi connectivity index (χ0v) is 19.3. The maximum atomic E-state index is 12.8. The Labute approximate surface area is 197 Å². The lowest BCUT2D eigenvalue weighted by Gasteiger charge is -2.28. The zero-order valence-electron chi connectivity index (χ0n) is 18.5. The van der Waals surface area contributed by atoms with Crippen LogP contribution in [0.15, 0.2) is 66.0 Å². The number of nitrogens with zero attached hydrogens (tertiary/aromatic N) is 2. The van der Waals surface area contributed by atoms with Gasteiger partial charge in [0.25, 0.3) is 5.91 Å². The van der Waals surface area contributed by atoms with Gasteiger partial charge in [-0.15, -0.1) is 11.3 Å². The standard InChI is InChI=1S/C25H27N3O4S/c1-27(25(30)19-4-2-5-22(16-19)32-18-23-6-3-15-33-23)17-24(29)26-20-7-9-21(10-8-20)28-11-13-31-14-12-28/h2-10,15-16H,11-14,17-18H2,1H3,(H,26,29). The molecule has 1 aliphatic heterocycles. The van der Waals surface area contributed by atoms with Crippen LogP contribution in [0, 0.1) is 0 Å². The summed E-state index contributed by atoms with van der Waals surface area (Å²) in [5.74, 6) is 0.122. The van der Waals surface area contributed by atoms with Crippen molar-refractivity contribution in [2.75, 3.05) is 50.1 Å². The van der Waals surface area contributed by atoms with Gasteiger partial charge >= 0.3 is 0 Å². The Balaban J connectivity index is 1.29. The summed E-state index contributed by atoms with van der Waals surface area (Å²) in [4.78, 5) is 30.1. The predicted octanol–water partition coefficient (Wildman–Crippen LogP) is 3.87. The van der Waals surface area contributed by atoms with Crippen molar-refractivity contribution in [1.82, 2.24) is 4.90 Å². The number of thiophene rings is 1. The minimum absolute atomic E-state index is 0.0513. The number of hydrogen-bond acceptors (Lipinski definition) is 6. The van der Waals surface area contributed by atoms with E-state index in [-0.39, 0.29) is 18.4 Å². The minimum Gasteiger partial charge on any atom is -0.488 e. The molecule has 1 aliphatic rings. The number of hydrogen-bond donors (Lipinski definition) is 1. The third-order valence-electron chi connectivity index (χ3n) is 5.30. The van der Waals surface area contributed by atoms with Crippen LogP contribution in [0.4, 0.5) is 11.4 Å². The highest BCUT2D eigenvalue weighted by Gasteiger charge is 2.16. The lowest BCUT2D eigenvalue weighted by atomic mass is 10.2. The number of carbonyl (C=O) groups excluding carboxylic acids is 2. The Hall–Kier alpha value is -3.36. The second kappa shape index (κ2) is 11.0. The van der Waals surface area contributed by atoms with Gasteiger partial charge in [-0.2, -0.15) is 0 Å². The molecule has 4 rings (SSSR count). The number of rotatable bonds is 8. The monoisotopic (exact) mass is 465 g/mol. The Kier molecular flexibility index (Phi) is 7.59. The molecule has 2 heterocycles. The molecular formula is C25H27N3O4S. The summed E-state index contributed by atoms with van der Waals surface area (Å²) in [5, 5.41) is 4.85. The van der Waals surface area contributed by atoms with E-state index in [1.165, 1.54) is 4.90 Å². The van der Waals surface area contributed by atoms with E-state index in [4.69, 9.17) is 9.47 Å². The van der Waals surface area contributed by atoms with E-state index in [1.807, 2.05) is 47.8 Å². The largest absolute Gasteiger partial charge is 0.488 e. The molecule has 33 heavy (non-hydrogen) atoms. The Morgan fingerprint density at radius 3 is 2.61 bits per heavy atom.